The molecule has 0 saturated carbocycles. The number of urea groups is 1. The molecule has 1 atom stereocenters. The third kappa shape index (κ3) is 5.97. The second-order valence-corrected chi connectivity index (χ2v) is 7.88. The van der Waals surface area contributed by atoms with Crippen LogP contribution in [0.4, 0.5) is 9.18 Å². The van der Waals surface area contributed by atoms with Crippen molar-refractivity contribution in [3.8, 4) is 0 Å². The number of halogens is 1. The fraction of sp³-hybridized carbons (Fsp3) is 0.381. The lowest BCUT2D eigenvalue weighted by molar-refractivity contribution is 0.142. The summed E-state index contributed by atoms with van der Waals surface area (Å²) in [6, 6.07) is 16.5. The number of thioether (sulfide) groups is 1. The Morgan fingerprint density at radius 3 is 2.41 bits per heavy atom. The largest absolute Gasteiger partial charge is 0.331 e. The van der Waals surface area contributed by atoms with Crippen LogP contribution in [0.1, 0.15) is 18.5 Å². The molecule has 0 spiro atoms. The average molecular weight is 388 g/mol. The summed E-state index contributed by atoms with van der Waals surface area (Å²) in [5.41, 5.74) is 0.904. The van der Waals surface area contributed by atoms with E-state index in [4.69, 9.17) is 0 Å². The quantitative estimate of drug-likeness (QED) is 0.761. The first-order chi connectivity index (χ1) is 13.1. The van der Waals surface area contributed by atoms with E-state index in [1.54, 1.807) is 12.1 Å². The van der Waals surface area contributed by atoms with Crippen LogP contribution in [0.2, 0.25) is 0 Å². The van der Waals surface area contributed by atoms with Gasteiger partial charge in [0, 0.05) is 43.4 Å². The summed E-state index contributed by atoms with van der Waals surface area (Å²) in [6.07, 6.45) is 0. The van der Waals surface area contributed by atoms with Gasteiger partial charge < -0.3 is 10.2 Å². The number of hydrogen-bond acceptors (Lipinski definition) is 3. The van der Waals surface area contributed by atoms with Gasteiger partial charge in [0.25, 0.3) is 0 Å². The molecular weight excluding hydrogens is 361 g/mol. The Bertz CT molecular complexity index is 718. The average Bonchev–Trinajstić information content (AvgIpc) is 2.70. The smallest absolute Gasteiger partial charge is 0.317 e. The lowest BCUT2D eigenvalue weighted by Gasteiger charge is -2.35. The molecule has 4 nitrogen and oxygen atoms in total. The third-order valence-corrected chi connectivity index (χ3v) is 5.78. The van der Waals surface area contributed by atoms with Crippen LogP contribution in [0.5, 0.6) is 0 Å². The third-order valence-electron chi connectivity index (χ3n) is 4.79. The van der Waals surface area contributed by atoms with Gasteiger partial charge in [-0.2, -0.15) is 0 Å². The fourth-order valence-corrected chi connectivity index (χ4v) is 4.03. The first-order valence-corrected chi connectivity index (χ1v) is 10.3. The Morgan fingerprint density at radius 2 is 1.74 bits per heavy atom. The number of benzene rings is 2. The maximum atomic E-state index is 13.0. The molecule has 3 rings (SSSR count). The van der Waals surface area contributed by atoms with Gasteiger partial charge in [-0.05, 0) is 36.8 Å². The minimum Gasteiger partial charge on any atom is -0.331 e. The maximum Gasteiger partial charge on any atom is 0.317 e. The Labute approximate surface area is 164 Å². The van der Waals surface area contributed by atoms with Crippen molar-refractivity contribution >= 4 is 17.8 Å². The zero-order valence-corrected chi connectivity index (χ0v) is 16.4. The SMILES string of the molecule is C[C@H](NC(=O)N1CCN(CCSc2ccccc2)CC1)c1ccc(F)cc1. The van der Waals surface area contributed by atoms with Crippen molar-refractivity contribution in [1.82, 2.24) is 15.1 Å². The van der Waals surface area contributed by atoms with Crippen LogP contribution in [-0.4, -0.2) is 54.3 Å². The molecule has 1 aliphatic rings. The van der Waals surface area contributed by atoms with Gasteiger partial charge in [-0.1, -0.05) is 30.3 Å². The van der Waals surface area contributed by atoms with E-state index < -0.39 is 0 Å². The molecule has 2 aromatic carbocycles. The van der Waals surface area contributed by atoms with E-state index in [-0.39, 0.29) is 17.9 Å². The Hall–Kier alpha value is -2.05. The molecule has 1 aliphatic heterocycles. The van der Waals surface area contributed by atoms with Crippen LogP contribution >= 0.6 is 11.8 Å². The maximum absolute atomic E-state index is 13.0. The zero-order valence-electron chi connectivity index (χ0n) is 15.6. The summed E-state index contributed by atoms with van der Waals surface area (Å²) in [5, 5.41) is 3.01. The van der Waals surface area contributed by atoms with Crippen molar-refractivity contribution in [2.75, 3.05) is 38.5 Å². The molecular formula is C21H26FN3OS. The summed E-state index contributed by atoms with van der Waals surface area (Å²) in [7, 11) is 0. The van der Waals surface area contributed by atoms with E-state index in [9.17, 15) is 9.18 Å². The van der Waals surface area contributed by atoms with Crippen molar-refractivity contribution in [2.24, 2.45) is 0 Å². The van der Waals surface area contributed by atoms with Crippen molar-refractivity contribution in [3.63, 3.8) is 0 Å². The van der Waals surface area contributed by atoms with E-state index in [1.807, 2.05) is 29.7 Å². The van der Waals surface area contributed by atoms with Crippen LogP contribution in [0.25, 0.3) is 0 Å². The van der Waals surface area contributed by atoms with Gasteiger partial charge in [-0.15, -0.1) is 11.8 Å². The van der Waals surface area contributed by atoms with Gasteiger partial charge in [0.05, 0.1) is 6.04 Å². The molecule has 2 aromatic rings. The second kappa shape index (κ2) is 9.76. The van der Waals surface area contributed by atoms with Crippen LogP contribution in [-0.2, 0) is 0 Å². The normalized spacial score (nSPS) is 16.1. The van der Waals surface area contributed by atoms with Crippen molar-refractivity contribution in [1.29, 1.82) is 0 Å². The van der Waals surface area contributed by atoms with E-state index in [2.05, 4.69) is 34.5 Å². The van der Waals surface area contributed by atoms with Crippen molar-refractivity contribution in [2.45, 2.75) is 17.9 Å². The van der Waals surface area contributed by atoms with Gasteiger partial charge >= 0.3 is 6.03 Å². The van der Waals surface area contributed by atoms with Crippen LogP contribution in [0.3, 0.4) is 0 Å². The Kier molecular flexibility index (Phi) is 7.12. The zero-order chi connectivity index (χ0) is 19.1. The molecule has 0 aliphatic carbocycles. The molecule has 1 N–H and O–H groups in total. The molecule has 1 fully saturated rings. The lowest BCUT2D eigenvalue weighted by atomic mass is 10.1. The van der Waals surface area contributed by atoms with Gasteiger partial charge in [0.2, 0.25) is 0 Å². The summed E-state index contributed by atoms with van der Waals surface area (Å²) in [6.45, 7) is 6.21. The molecule has 0 aromatic heterocycles. The molecule has 6 heteroatoms. The Balaban J connectivity index is 1.38. The predicted octanol–water partition coefficient (Wildman–Crippen LogP) is 4.01. The molecule has 1 heterocycles. The van der Waals surface area contributed by atoms with Crippen LogP contribution in [0, 0.1) is 5.82 Å². The number of carbonyl (C=O) groups excluding carboxylic acids is 1. The standard InChI is InChI=1S/C21H26FN3OS/c1-17(18-7-9-19(22)10-8-18)23-21(26)25-13-11-24(12-14-25)15-16-27-20-5-3-2-4-6-20/h2-10,17H,11-16H2,1H3,(H,23,26)/t17-/m0/s1. The topological polar surface area (TPSA) is 35.6 Å². The molecule has 0 radical (unpaired) electrons. The second-order valence-electron chi connectivity index (χ2n) is 6.71. The highest BCUT2D eigenvalue weighted by Gasteiger charge is 2.22. The molecule has 144 valence electrons. The molecule has 2 amide bonds. The van der Waals surface area contributed by atoms with Gasteiger partial charge in [0.15, 0.2) is 0 Å². The first-order valence-electron chi connectivity index (χ1n) is 9.33. The van der Waals surface area contributed by atoms with Gasteiger partial charge in [-0.3, -0.25) is 4.90 Å². The minimum absolute atomic E-state index is 0.0508. The van der Waals surface area contributed by atoms with Crippen molar-refractivity contribution in [3.05, 3.63) is 66.0 Å². The summed E-state index contributed by atoms with van der Waals surface area (Å²) in [4.78, 5) is 18.0. The first kappa shape index (κ1) is 19.7. The van der Waals surface area contributed by atoms with E-state index >= 15 is 0 Å². The van der Waals surface area contributed by atoms with Crippen molar-refractivity contribution < 1.29 is 9.18 Å². The highest BCUT2D eigenvalue weighted by molar-refractivity contribution is 7.99. The summed E-state index contributed by atoms with van der Waals surface area (Å²) >= 11 is 1.87. The van der Waals surface area contributed by atoms with Crippen LogP contribution in [0.15, 0.2) is 59.5 Å². The lowest BCUT2D eigenvalue weighted by Crippen LogP contribution is -2.52. The van der Waals surface area contributed by atoms with Gasteiger partial charge in [0.1, 0.15) is 5.82 Å². The number of carbonyl (C=O) groups is 1. The fourth-order valence-electron chi connectivity index (χ4n) is 3.10. The van der Waals surface area contributed by atoms with Gasteiger partial charge in [-0.25, -0.2) is 9.18 Å². The van der Waals surface area contributed by atoms with Crippen LogP contribution < -0.4 is 5.32 Å². The highest BCUT2D eigenvalue weighted by Crippen LogP contribution is 2.17. The van der Waals surface area contributed by atoms with E-state index in [0.29, 0.717) is 0 Å². The number of amides is 2. The molecule has 1 saturated heterocycles. The summed E-state index contributed by atoms with van der Waals surface area (Å²) in [5.74, 6) is 0.788. The highest BCUT2D eigenvalue weighted by atomic mass is 32.2. The minimum atomic E-state index is -0.265. The number of nitrogens with one attached hydrogen (secondary N) is 1. The van der Waals surface area contributed by atoms with E-state index in [0.717, 1.165) is 44.0 Å². The molecule has 27 heavy (non-hydrogen) atoms. The predicted molar refractivity (Wildman–Crippen MR) is 109 cm³/mol. The molecule has 0 bridgehead atoms. The van der Waals surface area contributed by atoms with E-state index in [1.165, 1.54) is 17.0 Å². The summed E-state index contributed by atoms with van der Waals surface area (Å²) < 4.78 is 13.0. The number of piperazine rings is 1. The molecule has 0 unspecified atom stereocenters. The number of hydrogen-bond donors (Lipinski definition) is 1. The number of rotatable bonds is 6. The number of nitrogens with zero attached hydrogens (tertiary/aromatic N) is 2. The Morgan fingerprint density at radius 1 is 1.07 bits per heavy atom. The monoisotopic (exact) mass is 387 g/mol.